The van der Waals surface area contributed by atoms with Crippen molar-refractivity contribution in [3.8, 4) is 0 Å². The summed E-state index contributed by atoms with van der Waals surface area (Å²) >= 11 is 0. The normalized spacial score (nSPS) is 19.9. The van der Waals surface area contributed by atoms with Gasteiger partial charge in [0.25, 0.3) is 11.9 Å². The number of benzene rings is 1. The average Bonchev–Trinajstić information content (AvgIpc) is 3.03. The first-order valence-electron chi connectivity index (χ1n) is 7.96. The van der Waals surface area contributed by atoms with E-state index < -0.39 is 17.3 Å². The second-order valence-corrected chi connectivity index (χ2v) is 5.82. The summed E-state index contributed by atoms with van der Waals surface area (Å²) in [5, 5.41) is 2.69. The van der Waals surface area contributed by atoms with Crippen LogP contribution in [0.2, 0.25) is 0 Å². The Bertz CT molecular complexity index is 833. The highest BCUT2D eigenvalue weighted by Gasteiger charge is 2.38. The highest BCUT2D eigenvalue weighted by Crippen LogP contribution is 2.38. The molecule has 25 heavy (non-hydrogen) atoms. The molecule has 2 aromatic rings. The van der Waals surface area contributed by atoms with Crippen LogP contribution in [-0.2, 0) is 10.3 Å². The number of amides is 1. The van der Waals surface area contributed by atoms with Crippen LogP contribution in [0.1, 0.15) is 41.7 Å². The van der Waals surface area contributed by atoms with Crippen molar-refractivity contribution >= 4 is 17.6 Å². The van der Waals surface area contributed by atoms with Crippen LogP contribution in [0.3, 0.4) is 0 Å². The largest absolute Gasteiger partial charge is 0.454 e. The van der Waals surface area contributed by atoms with E-state index in [1.54, 1.807) is 13.0 Å². The number of carbonyl (C=O) groups is 1. The molecule has 2 heterocycles. The van der Waals surface area contributed by atoms with Gasteiger partial charge in [0.2, 0.25) is 0 Å². The molecule has 0 saturated heterocycles. The molecule has 0 bridgehead atoms. The number of rotatable bonds is 4. The minimum Gasteiger partial charge on any atom is -0.454 e. The molecular weight excluding hydrogens is 327 g/mol. The quantitative estimate of drug-likeness (QED) is 0.886. The number of halogens is 1. The maximum absolute atomic E-state index is 14.5. The molecule has 7 nitrogen and oxygen atoms in total. The molecule has 0 aliphatic carbocycles. The van der Waals surface area contributed by atoms with Gasteiger partial charge < -0.3 is 20.2 Å². The third-order valence-electron chi connectivity index (χ3n) is 4.22. The molecule has 3 N–H and O–H groups in total. The maximum Gasteiger partial charge on any atom is 0.282 e. The van der Waals surface area contributed by atoms with Gasteiger partial charge in [0.05, 0.1) is 0 Å². The Morgan fingerprint density at radius 2 is 2.28 bits per heavy atom. The van der Waals surface area contributed by atoms with E-state index in [2.05, 4.69) is 15.3 Å². The van der Waals surface area contributed by atoms with Gasteiger partial charge in [-0.15, -0.1) is 0 Å². The third kappa shape index (κ3) is 3.33. The fourth-order valence-corrected chi connectivity index (χ4v) is 2.87. The average molecular weight is 346 g/mol. The Balaban J connectivity index is 1.90. The number of amidine groups is 1. The van der Waals surface area contributed by atoms with E-state index in [1.165, 1.54) is 18.4 Å². The van der Waals surface area contributed by atoms with E-state index >= 15 is 0 Å². The second-order valence-electron chi connectivity index (χ2n) is 5.82. The lowest BCUT2D eigenvalue weighted by Crippen LogP contribution is -2.40. The molecule has 0 spiro atoms. The van der Waals surface area contributed by atoms with Crippen LogP contribution in [0.5, 0.6) is 0 Å². The number of nitrogens with two attached hydrogens (primary N) is 1. The second kappa shape index (κ2) is 6.54. The van der Waals surface area contributed by atoms with Gasteiger partial charge in [0, 0.05) is 31.1 Å². The summed E-state index contributed by atoms with van der Waals surface area (Å²) in [4.78, 5) is 20.2. The summed E-state index contributed by atoms with van der Waals surface area (Å²) < 4.78 is 25.2. The molecule has 1 aromatic heterocycles. The van der Waals surface area contributed by atoms with Crippen molar-refractivity contribution in [2.45, 2.75) is 32.3 Å². The number of nitrogens with zero attached hydrogens (tertiary/aromatic N) is 2. The van der Waals surface area contributed by atoms with Crippen molar-refractivity contribution in [2.24, 2.45) is 10.7 Å². The fourth-order valence-electron chi connectivity index (χ4n) is 2.87. The number of hydrogen-bond acceptors (Lipinski definition) is 6. The summed E-state index contributed by atoms with van der Waals surface area (Å²) in [7, 11) is 0. The van der Waals surface area contributed by atoms with E-state index in [-0.39, 0.29) is 11.7 Å². The number of hydrogen-bond donors (Lipinski definition) is 2. The van der Waals surface area contributed by atoms with E-state index in [0.717, 1.165) is 0 Å². The molecular formula is C17H19FN4O3. The number of oxazole rings is 1. The molecule has 0 fully saturated rings. The highest BCUT2D eigenvalue weighted by molar-refractivity contribution is 6.02. The third-order valence-corrected chi connectivity index (χ3v) is 4.22. The summed E-state index contributed by atoms with van der Waals surface area (Å²) in [6, 6.07) is 4.37. The zero-order valence-electron chi connectivity index (χ0n) is 14.0. The first-order valence-corrected chi connectivity index (χ1v) is 7.96. The molecule has 0 saturated carbocycles. The van der Waals surface area contributed by atoms with Crippen LogP contribution in [0.4, 0.5) is 10.1 Å². The van der Waals surface area contributed by atoms with E-state index in [0.29, 0.717) is 36.5 Å². The van der Waals surface area contributed by atoms with Gasteiger partial charge in [-0.3, -0.25) is 4.79 Å². The minimum absolute atomic E-state index is 0.0417. The molecule has 0 unspecified atom stereocenters. The Morgan fingerprint density at radius 1 is 1.48 bits per heavy atom. The zero-order valence-corrected chi connectivity index (χ0v) is 14.0. The van der Waals surface area contributed by atoms with Crippen LogP contribution in [0.15, 0.2) is 33.9 Å². The molecule has 1 aliphatic heterocycles. The van der Waals surface area contributed by atoms with E-state index in [9.17, 15) is 9.18 Å². The topological polar surface area (TPSA) is 103 Å². The predicted molar refractivity (Wildman–Crippen MR) is 89.8 cm³/mol. The molecule has 1 aliphatic rings. The lowest BCUT2D eigenvalue weighted by molar-refractivity contribution is 0.0248. The van der Waals surface area contributed by atoms with Crippen LogP contribution >= 0.6 is 0 Å². The van der Waals surface area contributed by atoms with Crippen molar-refractivity contribution in [1.29, 1.82) is 0 Å². The van der Waals surface area contributed by atoms with Gasteiger partial charge in [-0.25, -0.2) is 14.4 Å². The summed E-state index contributed by atoms with van der Waals surface area (Å²) in [6.45, 7) is 3.99. The van der Waals surface area contributed by atoms with Crippen LogP contribution in [0, 0.1) is 12.7 Å². The van der Waals surface area contributed by atoms with Gasteiger partial charge in [-0.1, -0.05) is 6.92 Å². The van der Waals surface area contributed by atoms with Crippen molar-refractivity contribution in [3.05, 3.63) is 47.4 Å². The van der Waals surface area contributed by atoms with Crippen molar-refractivity contribution in [2.75, 3.05) is 11.9 Å². The number of carbonyl (C=O) groups excluding carboxylic acids is 1. The first kappa shape index (κ1) is 16.9. The van der Waals surface area contributed by atoms with Crippen molar-refractivity contribution in [1.82, 2.24) is 4.98 Å². The monoisotopic (exact) mass is 346 g/mol. The number of aryl methyl sites for hydroxylation is 1. The number of anilines is 1. The van der Waals surface area contributed by atoms with E-state index in [1.807, 2.05) is 6.92 Å². The lowest BCUT2D eigenvalue weighted by Gasteiger charge is -2.36. The van der Waals surface area contributed by atoms with Gasteiger partial charge in [0.15, 0.2) is 11.6 Å². The van der Waals surface area contributed by atoms with Gasteiger partial charge in [0.1, 0.15) is 17.7 Å². The summed E-state index contributed by atoms with van der Waals surface area (Å²) in [6.07, 6.45) is 2.28. The fraction of sp³-hybridized carbons (Fsp3) is 0.353. The van der Waals surface area contributed by atoms with Gasteiger partial charge in [-0.05, 0) is 24.6 Å². The van der Waals surface area contributed by atoms with E-state index in [4.69, 9.17) is 14.9 Å². The Labute approximate surface area is 144 Å². The number of aliphatic imine (C=N–C) groups is 1. The molecule has 1 amide bonds. The number of nitrogens with one attached hydrogen (secondary N) is 1. The van der Waals surface area contributed by atoms with Crippen LogP contribution in [0.25, 0.3) is 0 Å². The molecule has 1 atom stereocenters. The Morgan fingerprint density at radius 3 is 2.92 bits per heavy atom. The summed E-state index contributed by atoms with van der Waals surface area (Å²) in [5.41, 5.74) is 5.70. The molecule has 0 radical (unpaired) electrons. The van der Waals surface area contributed by atoms with Crippen LogP contribution < -0.4 is 11.1 Å². The Hall–Kier alpha value is -2.90. The van der Waals surface area contributed by atoms with Gasteiger partial charge >= 0.3 is 0 Å². The lowest BCUT2D eigenvalue weighted by atomic mass is 9.86. The number of ether oxygens (including phenoxy) is 1. The van der Waals surface area contributed by atoms with Gasteiger partial charge in [-0.2, -0.15) is 0 Å². The predicted octanol–water partition coefficient (Wildman–Crippen LogP) is 2.71. The SMILES string of the molecule is CC[C@@]1(c2cc(NC(=O)c3coc(C)n3)ccc2F)CCN=C(N)O1. The summed E-state index contributed by atoms with van der Waals surface area (Å²) in [5.74, 6) is -0.474. The van der Waals surface area contributed by atoms with Crippen LogP contribution in [-0.4, -0.2) is 23.5 Å². The minimum atomic E-state index is -0.902. The van der Waals surface area contributed by atoms with Crippen molar-refractivity contribution < 1.29 is 18.3 Å². The molecule has 1 aromatic carbocycles. The molecule has 8 heteroatoms. The molecule has 132 valence electrons. The zero-order chi connectivity index (χ0) is 18.0. The molecule has 3 rings (SSSR count). The Kier molecular flexibility index (Phi) is 4.43. The highest BCUT2D eigenvalue weighted by atomic mass is 19.1. The van der Waals surface area contributed by atoms with Crippen molar-refractivity contribution in [3.63, 3.8) is 0 Å². The standard InChI is InChI=1S/C17H19FN4O3/c1-3-17(6-7-20-16(19)25-17)12-8-11(4-5-13(12)18)22-15(23)14-9-24-10(2)21-14/h4-5,8-9H,3,6-7H2,1-2H3,(H2,19,20)(H,22,23)/t17-/m0/s1. The smallest absolute Gasteiger partial charge is 0.282 e. The number of aromatic nitrogens is 1. The maximum atomic E-state index is 14.5. The first-order chi connectivity index (χ1) is 11.9.